The second kappa shape index (κ2) is 4.63. The molecule has 0 unspecified atom stereocenters. The maximum Gasteiger partial charge on any atom is 0.417 e. The molecule has 0 saturated heterocycles. The van der Waals surface area contributed by atoms with Crippen LogP contribution in [0.25, 0.3) is 0 Å². The average Bonchev–Trinajstić information content (AvgIpc) is 2.14. The average molecular weight is 268 g/mol. The molecule has 1 N–H and O–H groups in total. The molecule has 0 aliphatic rings. The van der Waals surface area contributed by atoms with Crippen LogP contribution in [0.1, 0.15) is 11.1 Å². The quantitative estimate of drug-likeness (QED) is 0.840. The van der Waals surface area contributed by atoms with Gasteiger partial charge in [-0.05, 0) is 18.7 Å². The van der Waals surface area contributed by atoms with Crippen molar-refractivity contribution in [3.05, 3.63) is 29.3 Å². The molecule has 0 amide bonds. The van der Waals surface area contributed by atoms with Crippen LogP contribution in [0.4, 0.5) is 13.2 Å². The Hall–Kier alpha value is -1.12. The SMILES string of the molecule is CNCc1cccc(C(F)(F)F)c1S(=O)(=O)[O-]. The van der Waals surface area contributed by atoms with E-state index in [0.717, 1.165) is 12.1 Å². The Balaban J connectivity index is 3.58. The van der Waals surface area contributed by atoms with Gasteiger partial charge in [-0.25, -0.2) is 8.42 Å². The van der Waals surface area contributed by atoms with Crippen molar-refractivity contribution in [1.82, 2.24) is 5.32 Å². The fraction of sp³-hybridized carbons (Fsp3) is 0.333. The third-order valence-electron chi connectivity index (χ3n) is 2.02. The Bertz CT molecular complexity index is 511. The van der Waals surface area contributed by atoms with Gasteiger partial charge in [-0.15, -0.1) is 0 Å². The lowest BCUT2D eigenvalue weighted by molar-refractivity contribution is -0.140. The summed E-state index contributed by atoms with van der Waals surface area (Å²) < 4.78 is 70.5. The van der Waals surface area contributed by atoms with E-state index in [1.54, 1.807) is 0 Å². The Morgan fingerprint density at radius 1 is 1.35 bits per heavy atom. The molecular formula is C9H9F3NO3S-. The van der Waals surface area contributed by atoms with Gasteiger partial charge < -0.3 is 9.87 Å². The van der Waals surface area contributed by atoms with Gasteiger partial charge in [0, 0.05) is 6.54 Å². The number of rotatable bonds is 3. The lowest BCUT2D eigenvalue weighted by Crippen LogP contribution is -2.17. The van der Waals surface area contributed by atoms with Gasteiger partial charge in [0.05, 0.1) is 10.5 Å². The first-order valence-electron chi connectivity index (χ1n) is 4.47. The summed E-state index contributed by atoms with van der Waals surface area (Å²) in [6, 6.07) is 2.80. The molecule has 96 valence electrons. The number of benzene rings is 1. The standard InChI is InChI=1S/C9H10F3NO3S/c1-13-5-6-3-2-4-7(9(10,11)12)8(6)17(14,15)16/h2-4,13H,5H2,1H3,(H,14,15,16)/p-1. The van der Waals surface area contributed by atoms with Crippen molar-refractivity contribution in [2.24, 2.45) is 0 Å². The van der Waals surface area contributed by atoms with Crippen molar-refractivity contribution >= 4 is 10.1 Å². The number of hydrogen-bond acceptors (Lipinski definition) is 4. The summed E-state index contributed by atoms with van der Waals surface area (Å²) >= 11 is 0. The van der Waals surface area contributed by atoms with E-state index in [4.69, 9.17) is 0 Å². The number of nitrogens with one attached hydrogen (secondary N) is 1. The second-order valence-electron chi connectivity index (χ2n) is 3.28. The molecule has 1 aromatic carbocycles. The van der Waals surface area contributed by atoms with Crippen molar-refractivity contribution in [3.63, 3.8) is 0 Å². The Morgan fingerprint density at radius 2 is 1.94 bits per heavy atom. The predicted octanol–water partition coefficient (Wildman–Crippen LogP) is 1.33. The molecule has 0 fully saturated rings. The van der Waals surface area contributed by atoms with Gasteiger partial charge in [0.15, 0.2) is 0 Å². The van der Waals surface area contributed by atoms with Gasteiger partial charge in [0.1, 0.15) is 10.1 Å². The first kappa shape index (κ1) is 13.9. The maximum absolute atomic E-state index is 12.6. The molecule has 0 heterocycles. The van der Waals surface area contributed by atoms with Crippen LogP contribution in [-0.2, 0) is 22.8 Å². The van der Waals surface area contributed by atoms with Crippen molar-refractivity contribution in [2.75, 3.05) is 7.05 Å². The van der Waals surface area contributed by atoms with Gasteiger partial charge in [-0.1, -0.05) is 12.1 Å². The number of hydrogen-bond donors (Lipinski definition) is 1. The van der Waals surface area contributed by atoms with Gasteiger partial charge >= 0.3 is 6.18 Å². The summed E-state index contributed by atoms with van der Waals surface area (Å²) in [4.78, 5) is -1.21. The second-order valence-corrected chi connectivity index (χ2v) is 4.59. The molecular weight excluding hydrogens is 259 g/mol. The van der Waals surface area contributed by atoms with Gasteiger partial charge in [-0.3, -0.25) is 0 Å². The Morgan fingerprint density at radius 3 is 2.35 bits per heavy atom. The largest absolute Gasteiger partial charge is 0.744 e. The summed E-state index contributed by atoms with van der Waals surface area (Å²) in [6.45, 7) is -0.138. The van der Waals surface area contributed by atoms with E-state index in [1.165, 1.54) is 7.05 Å². The summed E-state index contributed by atoms with van der Waals surface area (Å²) in [5.41, 5.74) is -1.63. The topological polar surface area (TPSA) is 69.2 Å². The first-order chi connectivity index (χ1) is 7.68. The zero-order chi connectivity index (χ0) is 13.3. The molecule has 1 aromatic rings. The van der Waals surface area contributed by atoms with Crippen LogP contribution >= 0.6 is 0 Å². The van der Waals surface area contributed by atoms with E-state index in [2.05, 4.69) is 5.32 Å². The van der Waals surface area contributed by atoms with Crippen LogP contribution < -0.4 is 5.32 Å². The molecule has 4 nitrogen and oxygen atoms in total. The van der Waals surface area contributed by atoms with Gasteiger partial charge in [-0.2, -0.15) is 13.2 Å². The normalized spacial score (nSPS) is 12.8. The molecule has 17 heavy (non-hydrogen) atoms. The lowest BCUT2D eigenvalue weighted by atomic mass is 10.1. The highest BCUT2D eigenvalue weighted by atomic mass is 32.2. The molecule has 0 atom stereocenters. The number of halogens is 3. The third kappa shape index (κ3) is 3.18. The molecule has 0 aromatic heterocycles. The summed E-state index contributed by atoms with van der Waals surface area (Å²) in [5.74, 6) is 0. The zero-order valence-electron chi connectivity index (χ0n) is 8.71. The minimum absolute atomic E-state index is 0.138. The molecule has 0 saturated carbocycles. The van der Waals surface area contributed by atoms with E-state index >= 15 is 0 Å². The predicted molar refractivity (Wildman–Crippen MR) is 52.2 cm³/mol. The summed E-state index contributed by atoms with van der Waals surface area (Å²) in [5, 5.41) is 2.50. The van der Waals surface area contributed by atoms with E-state index in [1.807, 2.05) is 0 Å². The van der Waals surface area contributed by atoms with E-state index < -0.39 is 26.8 Å². The van der Waals surface area contributed by atoms with Gasteiger partial charge in [0.25, 0.3) is 0 Å². The molecule has 0 aliphatic carbocycles. The van der Waals surface area contributed by atoms with E-state index in [9.17, 15) is 26.1 Å². The van der Waals surface area contributed by atoms with Crippen LogP contribution in [-0.4, -0.2) is 20.0 Å². The van der Waals surface area contributed by atoms with Crippen LogP contribution in [0, 0.1) is 0 Å². The Labute approximate surface area is 96.2 Å². The fourth-order valence-corrected chi connectivity index (χ4v) is 2.35. The Kier molecular flexibility index (Phi) is 3.80. The third-order valence-corrected chi connectivity index (χ3v) is 3.00. The summed E-state index contributed by atoms with van der Waals surface area (Å²) in [7, 11) is -3.75. The maximum atomic E-state index is 12.6. The van der Waals surface area contributed by atoms with Gasteiger partial charge in [0.2, 0.25) is 0 Å². The molecule has 0 aliphatic heterocycles. The van der Waals surface area contributed by atoms with Crippen LogP contribution in [0.2, 0.25) is 0 Å². The van der Waals surface area contributed by atoms with Crippen molar-refractivity contribution in [1.29, 1.82) is 0 Å². The highest BCUT2D eigenvalue weighted by Crippen LogP contribution is 2.35. The summed E-state index contributed by atoms with van der Waals surface area (Å²) in [6.07, 6.45) is -4.88. The smallest absolute Gasteiger partial charge is 0.417 e. The van der Waals surface area contributed by atoms with Crippen molar-refractivity contribution in [2.45, 2.75) is 17.6 Å². The fourth-order valence-electron chi connectivity index (χ4n) is 1.43. The zero-order valence-corrected chi connectivity index (χ0v) is 9.52. The van der Waals surface area contributed by atoms with Crippen molar-refractivity contribution in [3.8, 4) is 0 Å². The molecule has 0 bridgehead atoms. The van der Waals surface area contributed by atoms with Crippen LogP contribution in [0.15, 0.2) is 23.1 Å². The van der Waals surface area contributed by atoms with E-state index in [0.29, 0.717) is 6.07 Å². The molecule has 0 radical (unpaired) electrons. The van der Waals surface area contributed by atoms with Crippen LogP contribution in [0.3, 0.4) is 0 Å². The minimum Gasteiger partial charge on any atom is -0.744 e. The van der Waals surface area contributed by atoms with E-state index in [-0.39, 0.29) is 12.1 Å². The lowest BCUT2D eigenvalue weighted by Gasteiger charge is -2.18. The highest BCUT2D eigenvalue weighted by Gasteiger charge is 2.36. The minimum atomic E-state index is -5.18. The van der Waals surface area contributed by atoms with Crippen LogP contribution in [0.5, 0.6) is 0 Å². The molecule has 8 heteroatoms. The molecule has 0 spiro atoms. The monoisotopic (exact) mass is 268 g/mol. The number of alkyl halides is 3. The first-order valence-corrected chi connectivity index (χ1v) is 5.88. The van der Waals surface area contributed by atoms with Crippen molar-refractivity contribution < 1.29 is 26.1 Å². The molecule has 1 rings (SSSR count). The highest BCUT2D eigenvalue weighted by molar-refractivity contribution is 7.85.